The molecule has 1 aliphatic heterocycles. The normalized spacial score (nSPS) is 16.2. The maximum Gasteiger partial charge on any atom is 0.292 e. The van der Waals surface area contributed by atoms with E-state index in [4.69, 9.17) is 15.2 Å². The predicted octanol–water partition coefficient (Wildman–Crippen LogP) is 2.99. The van der Waals surface area contributed by atoms with Gasteiger partial charge >= 0.3 is 0 Å². The van der Waals surface area contributed by atoms with E-state index in [0.29, 0.717) is 18.0 Å². The van der Waals surface area contributed by atoms with Crippen LogP contribution in [0.3, 0.4) is 0 Å². The topological polar surface area (TPSA) is 117 Å². The van der Waals surface area contributed by atoms with Gasteiger partial charge in [-0.25, -0.2) is 0 Å². The molecule has 8 nitrogen and oxygen atoms in total. The van der Waals surface area contributed by atoms with Crippen LogP contribution in [-0.2, 0) is 4.74 Å². The average molecular weight is 357 g/mol. The first-order valence-corrected chi connectivity index (χ1v) is 8.22. The van der Waals surface area contributed by atoms with E-state index in [-0.39, 0.29) is 23.0 Å². The van der Waals surface area contributed by atoms with Gasteiger partial charge in [0.2, 0.25) is 0 Å². The van der Waals surface area contributed by atoms with Crippen LogP contribution in [0.2, 0.25) is 0 Å². The summed E-state index contributed by atoms with van der Waals surface area (Å²) in [5.41, 5.74) is 5.94. The zero-order valence-electron chi connectivity index (χ0n) is 14.0. The van der Waals surface area contributed by atoms with Crippen LogP contribution in [0.5, 0.6) is 5.75 Å². The van der Waals surface area contributed by atoms with Crippen LogP contribution in [0.25, 0.3) is 0 Å². The molecule has 2 aromatic rings. The van der Waals surface area contributed by atoms with Crippen LogP contribution < -0.4 is 15.8 Å². The zero-order valence-corrected chi connectivity index (χ0v) is 14.0. The summed E-state index contributed by atoms with van der Waals surface area (Å²) < 4.78 is 11.2. The Hall–Kier alpha value is -3.13. The molecule has 0 radical (unpaired) electrons. The van der Waals surface area contributed by atoms with Crippen LogP contribution in [-0.4, -0.2) is 30.1 Å². The molecule has 2 aromatic carbocycles. The fourth-order valence-corrected chi connectivity index (χ4v) is 2.67. The number of ether oxygens (including phenoxy) is 2. The van der Waals surface area contributed by atoms with Crippen molar-refractivity contribution in [3.63, 3.8) is 0 Å². The molecule has 1 atom stereocenters. The summed E-state index contributed by atoms with van der Waals surface area (Å²) in [4.78, 5) is 22.7. The molecule has 0 bridgehead atoms. The first-order valence-electron chi connectivity index (χ1n) is 8.22. The van der Waals surface area contributed by atoms with Crippen molar-refractivity contribution in [3.05, 3.63) is 58.1 Å². The molecule has 136 valence electrons. The Morgan fingerprint density at radius 3 is 2.92 bits per heavy atom. The van der Waals surface area contributed by atoms with E-state index in [1.54, 1.807) is 24.3 Å². The number of carbonyl (C=O) groups excluding carboxylic acids is 1. The Morgan fingerprint density at radius 2 is 2.19 bits per heavy atom. The minimum atomic E-state index is -0.619. The van der Waals surface area contributed by atoms with Crippen molar-refractivity contribution in [1.29, 1.82) is 0 Å². The lowest BCUT2D eigenvalue weighted by molar-refractivity contribution is -0.383. The SMILES string of the molecule is Nc1ccc(C(=O)Nc2cccc(OC[C@H]3CCCO3)c2)cc1[N+](=O)[O-]. The highest BCUT2D eigenvalue weighted by atomic mass is 16.6. The summed E-state index contributed by atoms with van der Waals surface area (Å²) in [6, 6.07) is 10.9. The standard InChI is InChI=1S/C18H19N3O5/c19-16-7-6-12(9-17(16)21(23)24)18(22)20-13-3-1-4-14(10-13)26-11-15-5-2-8-25-15/h1,3-4,6-7,9-10,15H,2,5,8,11,19H2,(H,20,22)/t15-/m1/s1. The Bertz CT molecular complexity index is 818. The van der Waals surface area contributed by atoms with Gasteiger partial charge in [-0.15, -0.1) is 0 Å². The quantitative estimate of drug-likeness (QED) is 0.466. The fourth-order valence-electron chi connectivity index (χ4n) is 2.67. The molecule has 0 aliphatic carbocycles. The Balaban J connectivity index is 1.66. The number of nitro benzene ring substituents is 1. The molecule has 1 heterocycles. The molecule has 0 saturated carbocycles. The van der Waals surface area contributed by atoms with Gasteiger partial charge in [0.1, 0.15) is 18.0 Å². The zero-order chi connectivity index (χ0) is 18.5. The molecule has 0 aromatic heterocycles. The number of nitrogens with zero attached hydrogens (tertiary/aromatic N) is 1. The lowest BCUT2D eigenvalue weighted by Crippen LogP contribution is -2.16. The maximum atomic E-state index is 12.3. The molecule has 26 heavy (non-hydrogen) atoms. The van der Waals surface area contributed by atoms with E-state index in [1.165, 1.54) is 12.1 Å². The van der Waals surface area contributed by atoms with Crippen molar-refractivity contribution in [3.8, 4) is 5.75 Å². The molecular weight excluding hydrogens is 338 g/mol. The van der Waals surface area contributed by atoms with Gasteiger partial charge < -0.3 is 20.5 Å². The summed E-state index contributed by atoms with van der Waals surface area (Å²) in [5, 5.41) is 13.6. The van der Waals surface area contributed by atoms with E-state index in [0.717, 1.165) is 25.5 Å². The number of carbonyl (C=O) groups is 1. The molecular formula is C18H19N3O5. The van der Waals surface area contributed by atoms with Gasteiger partial charge in [-0.05, 0) is 37.1 Å². The Kier molecular flexibility index (Phi) is 5.33. The van der Waals surface area contributed by atoms with E-state index in [2.05, 4.69) is 5.32 Å². The molecule has 8 heteroatoms. The number of hydrogen-bond acceptors (Lipinski definition) is 6. The summed E-state index contributed by atoms with van der Waals surface area (Å²) in [7, 11) is 0. The van der Waals surface area contributed by atoms with E-state index in [9.17, 15) is 14.9 Å². The van der Waals surface area contributed by atoms with Crippen molar-refractivity contribution in [2.75, 3.05) is 24.3 Å². The third kappa shape index (κ3) is 4.28. The highest BCUT2D eigenvalue weighted by Crippen LogP contribution is 2.24. The molecule has 0 unspecified atom stereocenters. The Labute approximate surface area is 150 Å². The third-order valence-corrected chi connectivity index (χ3v) is 4.04. The molecule has 1 saturated heterocycles. The lowest BCUT2D eigenvalue weighted by Gasteiger charge is -2.12. The second-order valence-electron chi connectivity index (χ2n) is 5.96. The Morgan fingerprint density at radius 1 is 1.35 bits per heavy atom. The highest BCUT2D eigenvalue weighted by molar-refractivity contribution is 6.05. The molecule has 1 fully saturated rings. The number of hydrogen-bond donors (Lipinski definition) is 2. The number of rotatable bonds is 6. The number of nitrogens with one attached hydrogen (secondary N) is 1. The van der Waals surface area contributed by atoms with Gasteiger partial charge in [0.15, 0.2) is 0 Å². The predicted molar refractivity (Wildman–Crippen MR) is 96.4 cm³/mol. The molecule has 1 aliphatic rings. The van der Waals surface area contributed by atoms with E-state index in [1.807, 2.05) is 0 Å². The van der Waals surface area contributed by atoms with Crippen molar-refractivity contribution < 1.29 is 19.2 Å². The summed E-state index contributed by atoms with van der Waals surface area (Å²) in [6.07, 6.45) is 2.12. The van der Waals surface area contributed by atoms with Gasteiger partial charge in [0.25, 0.3) is 11.6 Å². The van der Waals surface area contributed by atoms with Gasteiger partial charge in [-0.3, -0.25) is 14.9 Å². The molecule has 3 rings (SSSR count). The fraction of sp³-hybridized carbons (Fsp3) is 0.278. The largest absolute Gasteiger partial charge is 0.491 e. The van der Waals surface area contributed by atoms with E-state index < -0.39 is 10.8 Å². The van der Waals surface area contributed by atoms with Gasteiger partial charge in [-0.1, -0.05) is 6.07 Å². The average Bonchev–Trinajstić information content (AvgIpc) is 3.14. The number of nitrogens with two attached hydrogens (primary N) is 1. The smallest absolute Gasteiger partial charge is 0.292 e. The van der Waals surface area contributed by atoms with Crippen LogP contribution in [0.4, 0.5) is 17.1 Å². The number of nitrogen functional groups attached to an aromatic ring is 1. The molecule has 0 spiro atoms. The second kappa shape index (κ2) is 7.83. The monoisotopic (exact) mass is 357 g/mol. The summed E-state index contributed by atoms with van der Waals surface area (Å²) in [6.45, 7) is 1.22. The highest BCUT2D eigenvalue weighted by Gasteiger charge is 2.17. The number of anilines is 2. The van der Waals surface area contributed by atoms with Gasteiger partial charge in [-0.2, -0.15) is 0 Å². The number of nitro groups is 1. The summed E-state index contributed by atoms with van der Waals surface area (Å²) in [5.74, 6) is 0.144. The van der Waals surface area contributed by atoms with Crippen LogP contribution in [0, 0.1) is 10.1 Å². The van der Waals surface area contributed by atoms with Crippen LogP contribution >= 0.6 is 0 Å². The number of amides is 1. The van der Waals surface area contributed by atoms with Crippen molar-refractivity contribution in [2.24, 2.45) is 0 Å². The first kappa shape index (κ1) is 17.7. The van der Waals surface area contributed by atoms with Crippen LogP contribution in [0.15, 0.2) is 42.5 Å². The second-order valence-corrected chi connectivity index (χ2v) is 5.96. The van der Waals surface area contributed by atoms with Gasteiger partial charge in [0, 0.05) is 30.0 Å². The van der Waals surface area contributed by atoms with Gasteiger partial charge in [0.05, 0.1) is 11.0 Å². The summed E-state index contributed by atoms with van der Waals surface area (Å²) >= 11 is 0. The lowest BCUT2D eigenvalue weighted by atomic mass is 10.1. The van der Waals surface area contributed by atoms with Crippen molar-refractivity contribution >= 4 is 23.0 Å². The van der Waals surface area contributed by atoms with Crippen LogP contribution in [0.1, 0.15) is 23.2 Å². The van der Waals surface area contributed by atoms with E-state index >= 15 is 0 Å². The number of benzene rings is 2. The maximum absolute atomic E-state index is 12.3. The van der Waals surface area contributed by atoms with Crippen molar-refractivity contribution in [1.82, 2.24) is 0 Å². The minimum absolute atomic E-state index is 0.0103. The molecule has 1 amide bonds. The molecule has 3 N–H and O–H groups in total. The third-order valence-electron chi connectivity index (χ3n) is 4.04. The minimum Gasteiger partial charge on any atom is -0.491 e. The van der Waals surface area contributed by atoms with Crippen molar-refractivity contribution in [2.45, 2.75) is 18.9 Å². The first-order chi connectivity index (χ1) is 12.5.